The van der Waals surface area contributed by atoms with Gasteiger partial charge in [-0.05, 0) is 57.5 Å². The zero-order valence-corrected chi connectivity index (χ0v) is 13.7. The van der Waals surface area contributed by atoms with Crippen molar-refractivity contribution < 1.29 is 5.11 Å². The van der Waals surface area contributed by atoms with E-state index in [-0.39, 0.29) is 6.61 Å². The van der Waals surface area contributed by atoms with Crippen molar-refractivity contribution in [1.29, 1.82) is 0 Å². The molecule has 2 rings (SSSR count). The van der Waals surface area contributed by atoms with Crippen LogP contribution < -0.4 is 0 Å². The van der Waals surface area contributed by atoms with E-state index in [1.165, 1.54) is 38.8 Å². The third-order valence-electron chi connectivity index (χ3n) is 4.63. The zero-order chi connectivity index (χ0) is 15.2. The summed E-state index contributed by atoms with van der Waals surface area (Å²) in [6, 6.07) is 0.709. The molecule has 0 amide bonds. The van der Waals surface area contributed by atoms with E-state index in [9.17, 15) is 0 Å². The summed E-state index contributed by atoms with van der Waals surface area (Å²) in [5.74, 6) is 1.49. The predicted octanol–water partition coefficient (Wildman–Crippen LogP) is 2.31. The number of aromatic nitrogens is 3. The van der Waals surface area contributed by atoms with E-state index in [0.29, 0.717) is 17.7 Å². The first-order valence-electron chi connectivity index (χ1n) is 8.32. The molecule has 1 aromatic rings. The quantitative estimate of drug-likeness (QED) is 0.838. The van der Waals surface area contributed by atoms with Gasteiger partial charge in [-0.2, -0.15) is 0 Å². The maximum Gasteiger partial charge on any atom is 0.108 e. The van der Waals surface area contributed by atoms with Crippen molar-refractivity contribution in [2.45, 2.75) is 65.6 Å². The molecule has 5 nitrogen and oxygen atoms in total. The Morgan fingerprint density at radius 3 is 2.52 bits per heavy atom. The number of hydrogen-bond acceptors (Lipinski definition) is 4. The standard InChI is InChI=1S/C16H30N4O/c1-13(2)4-5-14(3)19-8-6-15(7-9-19)10-20-11-16(12-21)17-18-20/h11,13-15,21H,4-10,12H2,1-3H3. The summed E-state index contributed by atoms with van der Waals surface area (Å²) in [7, 11) is 0. The number of rotatable bonds is 7. The monoisotopic (exact) mass is 294 g/mol. The first kappa shape index (κ1) is 16.4. The molecule has 0 spiro atoms. The fraction of sp³-hybridized carbons (Fsp3) is 0.875. The minimum Gasteiger partial charge on any atom is -0.390 e. The number of piperidine rings is 1. The third kappa shape index (κ3) is 5.08. The van der Waals surface area contributed by atoms with Crippen LogP contribution in [0.3, 0.4) is 0 Å². The smallest absolute Gasteiger partial charge is 0.108 e. The summed E-state index contributed by atoms with van der Waals surface area (Å²) < 4.78 is 1.88. The second-order valence-corrected chi connectivity index (χ2v) is 6.89. The Morgan fingerprint density at radius 2 is 1.95 bits per heavy atom. The number of hydrogen-bond donors (Lipinski definition) is 1. The zero-order valence-electron chi connectivity index (χ0n) is 13.7. The Balaban J connectivity index is 1.72. The van der Waals surface area contributed by atoms with Crippen LogP contribution >= 0.6 is 0 Å². The molecule has 2 heterocycles. The van der Waals surface area contributed by atoms with Crippen molar-refractivity contribution >= 4 is 0 Å². The number of aliphatic hydroxyl groups is 1. The maximum atomic E-state index is 9.02. The van der Waals surface area contributed by atoms with Crippen LogP contribution in [0.4, 0.5) is 0 Å². The Labute approximate surface area is 128 Å². The van der Waals surface area contributed by atoms with Crippen LogP contribution in [0.5, 0.6) is 0 Å². The van der Waals surface area contributed by atoms with Crippen LogP contribution in [0.2, 0.25) is 0 Å². The number of nitrogens with zero attached hydrogens (tertiary/aromatic N) is 4. The number of aliphatic hydroxyl groups excluding tert-OH is 1. The Bertz CT molecular complexity index is 410. The molecule has 1 aromatic heterocycles. The summed E-state index contributed by atoms with van der Waals surface area (Å²) in [6.07, 6.45) is 6.97. The van der Waals surface area contributed by atoms with Crippen LogP contribution in [0, 0.1) is 11.8 Å². The van der Waals surface area contributed by atoms with Crippen molar-refractivity contribution in [2.75, 3.05) is 13.1 Å². The van der Waals surface area contributed by atoms with E-state index < -0.39 is 0 Å². The van der Waals surface area contributed by atoms with Gasteiger partial charge in [0.15, 0.2) is 0 Å². The first-order chi connectivity index (χ1) is 10.1. The van der Waals surface area contributed by atoms with Gasteiger partial charge in [-0.25, -0.2) is 0 Å². The van der Waals surface area contributed by atoms with Gasteiger partial charge < -0.3 is 10.0 Å². The van der Waals surface area contributed by atoms with Gasteiger partial charge in [0.2, 0.25) is 0 Å². The average Bonchev–Trinajstić information content (AvgIpc) is 2.93. The highest BCUT2D eigenvalue weighted by Gasteiger charge is 2.23. The van der Waals surface area contributed by atoms with Gasteiger partial charge in [0, 0.05) is 12.6 Å². The van der Waals surface area contributed by atoms with E-state index in [4.69, 9.17) is 5.11 Å². The molecular formula is C16H30N4O. The highest BCUT2D eigenvalue weighted by atomic mass is 16.3. The molecular weight excluding hydrogens is 264 g/mol. The molecule has 1 fully saturated rings. The third-order valence-corrected chi connectivity index (χ3v) is 4.63. The Kier molecular flexibility index (Phi) is 6.18. The molecule has 0 saturated carbocycles. The topological polar surface area (TPSA) is 54.2 Å². The predicted molar refractivity (Wildman–Crippen MR) is 83.8 cm³/mol. The van der Waals surface area contributed by atoms with Gasteiger partial charge in [-0.3, -0.25) is 4.68 Å². The SMILES string of the molecule is CC(C)CCC(C)N1CCC(Cn2cc(CO)nn2)CC1. The first-order valence-corrected chi connectivity index (χ1v) is 8.32. The van der Waals surface area contributed by atoms with Gasteiger partial charge in [0.05, 0.1) is 12.8 Å². The van der Waals surface area contributed by atoms with Crippen molar-refractivity contribution in [1.82, 2.24) is 19.9 Å². The van der Waals surface area contributed by atoms with E-state index in [1.807, 2.05) is 10.9 Å². The lowest BCUT2D eigenvalue weighted by Crippen LogP contribution is -2.40. The van der Waals surface area contributed by atoms with Crippen LogP contribution in [-0.2, 0) is 13.2 Å². The molecule has 1 saturated heterocycles. The summed E-state index contributed by atoms with van der Waals surface area (Å²) in [6.45, 7) is 10.3. The molecule has 1 N–H and O–H groups in total. The van der Waals surface area contributed by atoms with Crippen molar-refractivity contribution in [3.05, 3.63) is 11.9 Å². The van der Waals surface area contributed by atoms with Gasteiger partial charge in [-0.1, -0.05) is 19.1 Å². The lowest BCUT2D eigenvalue weighted by molar-refractivity contribution is 0.123. The van der Waals surface area contributed by atoms with Crippen LogP contribution in [-0.4, -0.2) is 44.1 Å². The molecule has 1 aliphatic rings. The molecule has 1 aliphatic heterocycles. The summed E-state index contributed by atoms with van der Waals surface area (Å²) in [5.41, 5.74) is 0.662. The molecule has 5 heteroatoms. The molecule has 120 valence electrons. The molecule has 1 atom stereocenters. The molecule has 0 bridgehead atoms. The van der Waals surface area contributed by atoms with Gasteiger partial charge >= 0.3 is 0 Å². The molecule has 1 unspecified atom stereocenters. The van der Waals surface area contributed by atoms with Crippen LogP contribution in [0.25, 0.3) is 0 Å². The van der Waals surface area contributed by atoms with E-state index in [2.05, 4.69) is 36.0 Å². The van der Waals surface area contributed by atoms with Gasteiger partial charge in [0.1, 0.15) is 5.69 Å². The number of likely N-dealkylation sites (tertiary alicyclic amines) is 1. The van der Waals surface area contributed by atoms with Crippen molar-refractivity contribution in [3.8, 4) is 0 Å². The molecule has 0 radical (unpaired) electrons. The van der Waals surface area contributed by atoms with Crippen LogP contribution in [0.15, 0.2) is 6.20 Å². The van der Waals surface area contributed by atoms with Gasteiger partial charge in [-0.15, -0.1) is 5.10 Å². The average molecular weight is 294 g/mol. The highest BCUT2D eigenvalue weighted by Crippen LogP contribution is 2.22. The Morgan fingerprint density at radius 1 is 1.24 bits per heavy atom. The molecule has 0 aliphatic carbocycles. The van der Waals surface area contributed by atoms with Crippen molar-refractivity contribution in [2.24, 2.45) is 11.8 Å². The highest BCUT2D eigenvalue weighted by molar-refractivity contribution is 4.89. The largest absolute Gasteiger partial charge is 0.390 e. The summed E-state index contributed by atoms with van der Waals surface area (Å²) >= 11 is 0. The van der Waals surface area contributed by atoms with Crippen molar-refractivity contribution in [3.63, 3.8) is 0 Å². The van der Waals surface area contributed by atoms with E-state index in [1.54, 1.807) is 0 Å². The van der Waals surface area contributed by atoms with Crippen LogP contribution in [0.1, 0.15) is 52.1 Å². The second kappa shape index (κ2) is 7.90. The normalized spacial score (nSPS) is 19.3. The fourth-order valence-corrected chi connectivity index (χ4v) is 3.10. The molecule has 0 aromatic carbocycles. The molecule has 21 heavy (non-hydrogen) atoms. The van der Waals surface area contributed by atoms with E-state index >= 15 is 0 Å². The maximum absolute atomic E-state index is 9.02. The lowest BCUT2D eigenvalue weighted by atomic mass is 9.94. The Hall–Kier alpha value is -0.940. The summed E-state index contributed by atoms with van der Waals surface area (Å²) in [5, 5.41) is 17.0. The minimum absolute atomic E-state index is 0.0220. The van der Waals surface area contributed by atoms with Gasteiger partial charge in [0.25, 0.3) is 0 Å². The second-order valence-electron chi connectivity index (χ2n) is 6.89. The lowest BCUT2D eigenvalue weighted by Gasteiger charge is -2.36. The minimum atomic E-state index is -0.0220. The van der Waals surface area contributed by atoms with E-state index in [0.717, 1.165) is 12.5 Å². The fourth-order valence-electron chi connectivity index (χ4n) is 3.10. The summed E-state index contributed by atoms with van der Waals surface area (Å²) in [4.78, 5) is 2.64.